The van der Waals surface area contributed by atoms with Crippen LogP contribution in [0.2, 0.25) is 0 Å². The fourth-order valence-electron chi connectivity index (χ4n) is 2.50. The Morgan fingerprint density at radius 2 is 2.11 bits per heavy atom. The zero-order valence-corrected chi connectivity index (χ0v) is 11.3. The maximum absolute atomic E-state index is 5.19. The molecule has 1 aliphatic heterocycles. The lowest BCUT2D eigenvalue weighted by atomic mass is 9.98. The minimum absolute atomic E-state index is 0.474. The Labute approximate surface area is 112 Å². The molecule has 3 rings (SSSR count). The van der Waals surface area contributed by atoms with Crippen LogP contribution in [0, 0.1) is 0 Å². The second-order valence-electron chi connectivity index (χ2n) is 4.62. The molecule has 0 amide bonds. The molecule has 1 aromatic heterocycles. The van der Waals surface area contributed by atoms with E-state index in [4.69, 9.17) is 4.74 Å². The summed E-state index contributed by atoms with van der Waals surface area (Å²) in [5.41, 5.74) is 2.88. The van der Waals surface area contributed by atoms with Gasteiger partial charge >= 0.3 is 0 Å². The van der Waals surface area contributed by atoms with Crippen molar-refractivity contribution >= 4 is 11.3 Å². The van der Waals surface area contributed by atoms with Crippen molar-refractivity contribution in [2.45, 2.75) is 18.9 Å². The van der Waals surface area contributed by atoms with Crippen molar-refractivity contribution in [3.63, 3.8) is 0 Å². The third-order valence-electron chi connectivity index (χ3n) is 3.48. The predicted molar refractivity (Wildman–Crippen MR) is 75.5 cm³/mol. The van der Waals surface area contributed by atoms with Crippen molar-refractivity contribution in [3.05, 3.63) is 51.7 Å². The SMILES string of the molecule is COc1ccc(C[C@@H]2NCCc3ccsc32)cc1. The van der Waals surface area contributed by atoms with Crippen molar-refractivity contribution in [2.24, 2.45) is 0 Å². The molecule has 1 atom stereocenters. The first-order valence-electron chi connectivity index (χ1n) is 6.29. The monoisotopic (exact) mass is 259 g/mol. The lowest BCUT2D eigenvalue weighted by molar-refractivity contribution is 0.414. The van der Waals surface area contributed by atoms with Gasteiger partial charge in [0.15, 0.2) is 0 Å². The van der Waals surface area contributed by atoms with E-state index < -0.39 is 0 Å². The number of benzene rings is 1. The molecule has 2 nitrogen and oxygen atoms in total. The zero-order chi connectivity index (χ0) is 12.4. The molecular formula is C15H17NOS. The smallest absolute Gasteiger partial charge is 0.118 e. The normalized spacial score (nSPS) is 18.4. The summed E-state index contributed by atoms with van der Waals surface area (Å²) in [6.45, 7) is 1.09. The number of hydrogen-bond acceptors (Lipinski definition) is 3. The fourth-order valence-corrected chi connectivity index (χ4v) is 3.53. The van der Waals surface area contributed by atoms with Crippen LogP contribution >= 0.6 is 11.3 Å². The summed E-state index contributed by atoms with van der Waals surface area (Å²) in [6, 6.07) is 11.1. The molecule has 1 N–H and O–H groups in total. The van der Waals surface area contributed by atoms with Gasteiger partial charge in [-0.05, 0) is 54.1 Å². The van der Waals surface area contributed by atoms with E-state index in [-0.39, 0.29) is 0 Å². The quantitative estimate of drug-likeness (QED) is 0.914. The number of thiophene rings is 1. The van der Waals surface area contributed by atoms with E-state index in [0.29, 0.717) is 6.04 Å². The molecular weight excluding hydrogens is 242 g/mol. The highest BCUT2D eigenvalue weighted by molar-refractivity contribution is 7.10. The van der Waals surface area contributed by atoms with Crippen LogP contribution < -0.4 is 10.1 Å². The van der Waals surface area contributed by atoms with Crippen LogP contribution in [0.15, 0.2) is 35.7 Å². The van der Waals surface area contributed by atoms with E-state index in [0.717, 1.165) is 25.1 Å². The molecule has 1 aliphatic rings. The first-order chi connectivity index (χ1) is 8.86. The van der Waals surface area contributed by atoms with Gasteiger partial charge in [-0.3, -0.25) is 0 Å². The summed E-state index contributed by atoms with van der Waals surface area (Å²) < 4.78 is 5.19. The number of fused-ring (bicyclic) bond motifs is 1. The van der Waals surface area contributed by atoms with Crippen LogP contribution in [-0.2, 0) is 12.8 Å². The van der Waals surface area contributed by atoms with Crippen LogP contribution in [0.5, 0.6) is 5.75 Å². The standard InChI is InChI=1S/C15H17NOS/c1-17-13-4-2-11(3-5-13)10-14-15-12(6-8-16-14)7-9-18-15/h2-5,7,9,14,16H,6,8,10H2,1H3/t14-/m0/s1. The number of methoxy groups -OCH3 is 1. The molecule has 94 valence electrons. The first kappa shape index (κ1) is 11.8. The Hall–Kier alpha value is -1.32. The molecule has 0 radical (unpaired) electrons. The predicted octanol–water partition coefficient (Wildman–Crippen LogP) is 3.19. The van der Waals surface area contributed by atoms with Crippen molar-refractivity contribution in [1.82, 2.24) is 5.32 Å². The second-order valence-corrected chi connectivity index (χ2v) is 5.57. The molecule has 0 unspecified atom stereocenters. The van der Waals surface area contributed by atoms with E-state index in [2.05, 4.69) is 28.9 Å². The van der Waals surface area contributed by atoms with Crippen LogP contribution in [0.25, 0.3) is 0 Å². The van der Waals surface area contributed by atoms with Crippen molar-refractivity contribution in [2.75, 3.05) is 13.7 Å². The maximum Gasteiger partial charge on any atom is 0.118 e. The van der Waals surface area contributed by atoms with Gasteiger partial charge in [0.1, 0.15) is 5.75 Å². The lowest BCUT2D eigenvalue weighted by Crippen LogP contribution is -2.29. The largest absolute Gasteiger partial charge is 0.497 e. The van der Waals surface area contributed by atoms with Crippen LogP contribution in [-0.4, -0.2) is 13.7 Å². The topological polar surface area (TPSA) is 21.3 Å². The molecule has 18 heavy (non-hydrogen) atoms. The average molecular weight is 259 g/mol. The van der Waals surface area contributed by atoms with Crippen molar-refractivity contribution in [1.29, 1.82) is 0 Å². The van der Waals surface area contributed by atoms with Crippen molar-refractivity contribution in [3.8, 4) is 5.75 Å². The molecule has 0 fully saturated rings. The molecule has 2 heterocycles. The number of hydrogen-bond donors (Lipinski definition) is 1. The zero-order valence-electron chi connectivity index (χ0n) is 10.5. The number of nitrogens with one attached hydrogen (secondary N) is 1. The van der Waals surface area contributed by atoms with Crippen LogP contribution in [0.3, 0.4) is 0 Å². The van der Waals surface area contributed by atoms with E-state index in [1.54, 1.807) is 7.11 Å². The first-order valence-corrected chi connectivity index (χ1v) is 7.17. The summed E-state index contributed by atoms with van der Waals surface area (Å²) in [6.07, 6.45) is 2.22. The van der Waals surface area contributed by atoms with Gasteiger partial charge in [0.25, 0.3) is 0 Å². The molecule has 0 bridgehead atoms. The van der Waals surface area contributed by atoms with Gasteiger partial charge in [0.2, 0.25) is 0 Å². The minimum Gasteiger partial charge on any atom is -0.497 e. The highest BCUT2D eigenvalue weighted by Gasteiger charge is 2.20. The molecule has 0 saturated heterocycles. The van der Waals surface area contributed by atoms with Gasteiger partial charge in [-0.25, -0.2) is 0 Å². The summed E-state index contributed by atoms with van der Waals surface area (Å²) in [7, 11) is 1.70. The molecule has 0 aliphatic carbocycles. The van der Waals surface area contributed by atoms with E-state index in [1.807, 2.05) is 23.5 Å². The highest BCUT2D eigenvalue weighted by Crippen LogP contribution is 2.30. The van der Waals surface area contributed by atoms with E-state index >= 15 is 0 Å². The molecule has 0 saturated carbocycles. The Morgan fingerprint density at radius 3 is 2.89 bits per heavy atom. The molecule has 3 heteroatoms. The highest BCUT2D eigenvalue weighted by atomic mass is 32.1. The van der Waals surface area contributed by atoms with Crippen LogP contribution in [0.1, 0.15) is 22.0 Å². The van der Waals surface area contributed by atoms with Gasteiger partial charge in [-0.15, -0.1) is 11.3 Å². The van der Waals surface area contributed by atoms with Gasteiger partial charge in [-0.2, -0.15) is 0 Å². The van der Waals surface area contributed by atoms with Crippen molar-refractivity contribution < 1.29 is 4.74 Å². The molecule has 2 aromatic rings. The molecule has 0 spiro atoms. The maximum atomic E-state index is 5.19. The Balaban J connectivity index is 1.77. The van der Waals surface area contributed by atoms with Gasteiger partial charge in [-0.1, -0.05) is 12.1 Å². The third kappa shape index (κ3) is 2.28. The summed E-state index contributed by atoms with van der Waals surface area (Å²) in [4.78, 5) is 1.51. The Kier molecular flexibility index (Phi) is 3.35. The fraction of sp³-hybridized carbons (Fsp3) is 0.333. The average Bonchev–Trinajstić information content (AvgIpc) is 2.89. The van der Waals surface area contributed by atoms with Gasteiger partial charge in [0, 0.05) is 10.9 Å². The Morgan fingerprint density at radius 1 is 1.28 bits per heavy atom. The van der Waals surface area contributed by atoms with Gasteiger partial charge in [0.05, 0.1) is 7.11 Å². The van der Waals surface area contributed by atoms with Crippen LogP contribution in [0.4, 0.5) is 0 Å². The second kappa shape index (κ2) is 5.12. The number of rotatable bonds is 3. The van der Waals surface area contributed by atoms with E-state index in [9.17, 15) is 0 Å². The Bertz CT molecular complexity index is 518. The van der Waals surface area contributed by atoms with E-state index in [1.165, 1.54) is 16.0 Å². The third-order valence-corrected chi connectivity index (χ3v) is 4.55. The van der Waals surface area contributed by atoms with Gasteiger partial charge < -0.3 is 10.1 Å². The summed E-state index contributed by atoms with van der Waals surface area (Å²) in [5, 5.41) is 5.82. The summed E-state index contributed by atoms with van der Waals surface area (Å²) >= 11 is 1.87. The minimum atomic E-state index is 0.474. The lowest BCUT2D eigenvalue weighted by Gasteiger charge is -2.24. The number of ether oxygens (including phenoxy) is 1. The molecule has 1 aromatic carbocycles. The summed E-state index contributed by atoms with van der Waals surface area (Å²) in [5.74, 6) is 0.923.